The van der Waals surface area contributed by atoms with Gasteiger partial charge in [-0.05, 0) is 24.3 Å². The Morgan fingerprint density at radius 2 is 2.20 bits per heavy atom. The Hall–Kier alpha value is -1.26. The Bertz CT molecular complexity index is 473. The number of anilines is 1. The minimum atomic E-state index is 0.162. The summed E-state index contributed by atoms with van der Waals surface area (Å²) >= 11 is 1.56. The fourth-order valence-corrected chi connectivity index (χ4v) is 2.18. The Morgan fingerprint density at radius 1 is 1.33 bits per heavy atom. The second-order valence-corrected chi connectivity index (χ2v) is 4.26. The Balaban J connectivity index is 2.45. The van der Waals surface area contributed by atoms with Crippen LogP contribution >= 0.6 is 11.8 Å². The first-order valence-corrected chi connectivity index (χ1v) is 5.68. The van der Waals surface area contributed by atoms with Gasteiger partial charge < -0.3 is 10.8 Å². The van der Waals surface area contributed by atoms with Crippen molar-refractivity contribution in [1.29, 1.82) is 0 Å². The average molecular weight is 220 g/mol. The summed E-state index contributed by atoms with van der Waals surface area (Å²) < 4.78 is 0. The number of nitrogens with zero attached hydrogens (tertiary/aromatic N) is 1. The van der Waals surface area contributed by atoms with Gasteiger partial charge in [0.2, 0.25) is 0 Å². The van der Waals surface area contributed by atoms with Crippen LogP contribution in [0.2, 0.25) is 0 Å². The van der Waals surface area contributed by atoms with Crippen molar-refractivity contribution in [3.05, 3.63) is 30.5 Å². The first kappa shape index (κ1) is 10.3. The van der Waals surface area contributed by atoms with E-state index in [1.54, 1.807) is 18.0 Å². The van der Waals surface area contributed by atoms with Gasteiger partial charge >= 0.3 is 0 Å². The van der Waals surface area contributed by atoms with Crippen LogP contribution in [0, 0.1) is 0 Å². The molecule has 0 aliphatic heterocycles. The molecule has 15 heavy (non-hydrogen) atoms. The fourth-order valence-electron chi connectivity index (χ4n) is 1.44. The lowest BCUT2D eigenvalue weighted by atomic mass is 10.2. The molecule has 1 aromatic heterocycles. The van der Waals surface area contributed by atoms with Crippen molar-refractivity contribution in [3.8, 4) is 0 Å². The molecule has 78 valence electrons. The zero-order valence-electron chi connectivity index (χ0n) is 8.18. The number of nitrogens with two attached hydrogens (primary N) is 1. The Morgan fingerprint density at radius 3 is 3.00 bits per heavy atom. The molecule has 0 saturated carbocycles. The molecule has 0 aliphatic rings. The molecular weight excluding hydrogens is 208 g/mol. The van der Waals surface area contributed by atoms with Crippen molar-refractivity contribution in [2.45, 2.75) is 4.90 Å². The van der Waals surface area contributed by atoms with E-state index < -0.39 is 0 Å². The predicted molar refractivity (Wildman–Crippen MR) is 64.0 cm³/mol. The van der Waals surface area contributed by atoms with E-state index in [0.717, 1.165) is 21.5 Å². The highest BCUT2D eigenvalue weighted by molar-refractivity contribution is 7.99. The van der Waals surface area contributed by atoms with Gasteiger partial charge in [-0.2, -0.15) is 0 Å². The number of nitrogen functional groups attached to an aromatic ring is 1. The molecule has 0 fully saturated rings. The second-order valence-electron chi connectivity index (χ2n) is 3.12. The van der Waals surface area contributed by atoms with Gasteiger partial charge in [-0.15, -0.1) is 11.8 Å². The van der Waals surface area contributed by atoms with Crippen LogP contribution in [0.3, 0.4) is 0 Å². The fraction of sp³-hybridized carbons (Fsp3) is 0.182. The molecule has 3 N–H and O–H groups in total. The number of benzene rings is 1. The summed E-state index contributed by atoms with van der Waals surface area (Å²) in [6, 6.07) is 7.73. The van der Waals surface area contributed by atoms with Crippen LogP contribution < -0.4 is 5.73 Å². The normalized spacial score (nSPS) is 10.7. The maximum atomic E-state index is 8.76. The summed E-state index contributed by atoms with van der Waals surface area (Å²) in [5, 5.41) is 9.73. The molecule has 0 radical (unpaired) electrons. The number of rotatable bonds is 3. The van der Waals surface area contributed by atoms with E-state index in [1.807, 2.05) is 24.3 Å². The van der Waals surface area contributed by atoms with Gasteiger partial charge in [0.05, 0.1) is 17.8 Å². The van der Waals surface area contributed by atoms with Crippen molar-refractivity contribution < 1.29 is 5.11 Å². The molecule has 2 aromatic rings. The van der Waals surface area contributed by atoms with Gasteiger partial charge in [0.15, 0.2) is 0 Å². The molecule has 3 nitrogen and oxygen atoms in total. The number of aromatic nitrogens is 1. The van der Waals surface area contributed by atoms with Crippen LogP contribution in [0.25, 0.3) is 10.9 Å². The third-order valence-corrected chi connectivity index (χ3v) is 3.19. The van der Waals surface area contributed by atoms with Crippen LogP contribution in [-0.4, -0.2) is 22.5 Å². The van der Waals surface area contributed by atoms with Crippen LogP contribution in [0.5, 0.6) is 0 Å². The highest BCUT2D eigenvalue weighted by atomic mass is 32.2. The van der Waals surface area contributed by atoms with Gasteiger partial charge in [-0.25, -0.2) is 0 Å². The van der Waals surface area contributed by atoms with E-state index in [9.17, 15) is 0 Å². The molecule has 0 saturated heterocycles. The highest BCUT2D eigenvalue weighted by Crippen LogP contribution is 2.30. The maximum absolute atomic E-state index is 8.76. The first-order valence-electron chi connectivity index (χ1n) is 4.70. The largest absolute Gasteiger partial charge is 0.397 e. The molecule has 0 aliphatic carbocycles. The molecule has 1 heterocycles. The minimum absolute atomic E-state index is 0.162. The van der Waals surface area contributed by atoms with E-state index in [0.29, 0.717) is 5.75 Å². The van der Waals surface area contributed by atoms with Crippen molar-refractivity contribution in [2.75, 3.05) is 18.1 Å². The number of hydrogen-bond acceptors (Lipinski definition) is 4. The van der Waals surface area contributed by atoms with Crippen LogP contribution in [0.1, 0.15) is 0 Å². The smallest absolute Gasteiger partial charge is 0.0723 e. The van der Waals surface area contributed by atoms with Gasteiger partial charge in [0.1, 0.15) is 0 Å². The second kappa shape index (κ2) is 4.51. The molecule has 0 bridgehead atoms. The summed E-state index contributed by atoms with van der Waals surface area (Å²) in [6.45, 7) is 0.162. The zero-order chi connectivity index (χ0) is 10.7. The van der Waals surface area contributed by atoms with Crippen molar-refractivity contribution in [1.82, 2.24) is 4.98 Å². The van der Waals surface area contributed by atoms with Gasteiger partial charge in [0.25, 0.3) is 0 Å². The number of fused-ring (bicyclic) bond motifs is 1. The Labute approximate surface area is 92.3 Å². The molecule has 2 rings (SSSR count). The molecule has 4 heteroatoms. The maximum Gasteiger partial charge on any atom is 0.0723 e. The third-order valence-electron chi connectivity index (χ3n) is 2.14. The van der Waals surface area contributed by atoms with Crippen molar-refractivity contribution in [2.24, 2.45) is 0 Å². The summed E-state index contributed by atoms with van der Waals surface area (Å²) in [4.78, 5) is 5.23. The highest BCUT2D eigenvalue weighted by Gasteiger charge is 2.04. The SMILES string of the molecule is Nc1c(SCCO)ccc2ncccc12. The lowest BCUT2D eigenvalue weighted by Gasteiger charge is -2.07. The van der Waals surface area contributed by atoms with Crippen LogP contribution in [0.15, 0.2) is 35.4 Å². The Kier molecular flexibility index (Phi) is 3.08. The van der Waals surface area contributed by atoms with E-state index in [2.05, 4.69) is 4.98 Å². The number of thioether (sulfide) groups is 1. The zero-order valence-corrected chi connectivity index (χ0v) is 9.00. The molecular formula is C11H12N2OS. The standard InChI is InChI=1S/C11H12N2OS/c12-11-8-2-1-5-13-9(8)3-4-10(11)15-7-6-14/h1-5,14H,6-7,12H2. The van der Waals surface area contributed by atoms with E-state index in [-0.39, 0.29) is 6.61 Å². The summed E-state index contributed by atoms with van der Waals surface area (Å²) in [6.07, 6.45) is 1.75. The molecule has 0 amide bonds. The summed E-state index contributed by atoms with van der Waals surface area (Å²) in [7, 11) is 0. The van der Waals surface area contributed by atoms with Gasteiger partial charge in [0, 0.05) is 22.2 Å². The molecule has 0 atom stereocenters. The number of pyridine rings is 1. The lowest BCUT2D eigenvalue weighted by molar-refractivity contribution is 0.322. The van der Waals surface area contributed by atoms with Gasteiger partial charge in [-0.1, -0.05) is 0 Å². The lowest BCUT2D eigenvalue weighted by Crippen LogP contribution is -1.93. The van der Waals surface area contributed by atoms with E-state index in [4.69, 9.17) is 10.8 Å². The van der Waals surface area contributed by atoms with Crippen LogP contribution in [-0.2, 0) is 0 Å². The minimum Gasteiger partial charge on any atom is -0.397 e. The quantitative estimate of drug-likeness (QED) is 0.612. The molecule has 1 aromatic carbocycles. The van der Waals surface area contributed by atoms with Crippen LogP contribution in [0.4, 0.5) is 5.69 Å². The molecule has 0 unspecified atom stereocenters. The van der Waals surface area contributed by atoms with E-state index >= 15 is 0 Å². The summed E-state index contributed by atoms with van der Waals surface area (Å²) in [5.74, 6) is 0.663. The molecule has 0 spiro atoms. The number of hydrogen-bond donors (Lipinski definition) is 2. The first-order chi connectivity index (χ1) is 7.33. The van der Waals surface area contributed by atoms with Crippen molar-refractivity contribution >= 4 is 28.4 Å². The van der Waals surface area contributed by atoms with E-state index in [1.165, 1.54) is 0 Å². The van der Waals surface area contributed by atoms with Gasteiger partial charge in [-0.3, -0.25) is 4.98 Å². The monoisotopic (exact) mass is 220 g/mol. The summed E-state index contributed by atoms with van der Waals surface area (Å²) in [5.41, 5.74) is 7.67. The number of aliphatic hydroxyl groups is 1. The number of aliphatic hydroxyl groups excluding tert-OH is 1. The third kappa shape index (κ3) is 2.06. The van der Waals surface area contributed by atoms with Crippen molar-refractivity contribution in [3.63, 3.8) is 0 Å². The predicted octanol–water partition coefficient (Wildman–Crippen LogP) is 1.90. The average Bonchev–Trinajstić information content (AvgIpc) is 2.29. The topological polar surface area (TPSA) is 59.1 Å².